The lowest BCUT2D eigenvalue weighted by Gasteiger charge is -2.01. The first-order chi connectivity index (χ1) is 10.7. The summed E-state index contributed by atoms with van der Waals surface area (Å²) in [7, 11) is 0. The molecule has 7 nitrogen and oxygen atoms in total. The van der Waals surface area contributed by atoms with E-state index in [1.54, 1.807) is 0 Å². The van der Waals surface area contributed by atoms with Crippen LogP contribution in [0, 0.1) is 0 Å². The number of aromatic nitrogens is 3. The quantitative estimate of drug-likeness (QED) is 0.757. The van der Waals surface area contributed by atoms with E-state index in [0.717, 1.165) is 5.56 Å². The highest BCUT2D eigenvalue weighted by atomic mass is 16.4. The second-order valence-corrected chi connectivity index (χ2v) is 4.49. The average Bonchev–Trinajstić information content (AvgIpc) is 3.03. The first-order valence-corrected chi connectivity index (χ1v) is 6.57. The minimum Gasteiger partial charge on any atom is -0.419 e. The fourth-order valence-corrected chi connectivity index (χ4v) is 1.83. The molecule has 3 aromatic rings. The lowest BCUT2D eigenvalue weighted by molar-refractivity contribution is 0.0947. The molecular formula is C15H12N4O3. The van der Waals surface area contributed by atoms with Gasteiger partial charge in [-0.3, -0.25) is 9.59 Å². The molecule has 7 heteroatoms. The van der Waals surface area contributed by atoms with E-state index in [1.165, 1.54) is 18.3 Å². The van der Waals surface area contributed by atoms with Crippen molar-refractivity contribution in [3.05, 3.63) is 70.5 Å². The Morgan fingerprint density at radius 1 is 1.14 bits per heavy atom. The normalized spacial score (nSPS) is 10.4. The van der Waals surface area contributed by atoms with Crippen LogP contribution in [0.2, 0.25) is 0 Å². The van der Waals surface area contributed by atoms with Gasteiger partial charge in [-0.25, -0.2) is 0 Å². The maximum absolute atomic E-state index is 11.9. The molecule has 0 aliphatic carbocycles. The Morgan fingerprint density at radius 3 is 2.68 bits per heavy atom. The van der Waals surface area contributed by atoms with Crippen LogP contribution in [-0.4, -0.2) is 21.1 Å². The number of rotatable bonds is 4. The van der Waals surface area contributed by atoms with Gasteiger partial charge >= 0.3 is 0 Å². The van der Waals surface area contributed by atoms with E-state index >= 15 is 0 Å². The summed E-state index contributed by atoms with van der Waals surface area (Å²) in [4.78, 5) is 25.3. The molecule has 2 heterocycles. The van der Waals surface area contributed by atoms with Gasteiger partial charge in [-0.15, -0.1) is 10.2 Å². The maximum Gasteiger partial charge on any atom is 0.253 e. The molecule has 0 radical (unpaired) electrons. The van der Waals surface area contributed by atoms with Gasteiger partial charge in [-0.2, -0.15) is 0 Å². The van der Waals surface area contributed by atoms with Crippen LogP contribution in [0.15, 0.2) is 57.9 Å². The summed E-state index contributed by atoms with van der Waals surface area (Å²) in [5.74, 6) is 0.362. The van der Waals surface area contributed by atoms with Crippen LogP contribution in [-0.2, 0) is 6.54 Å². The highest BCUT2D eigenvalue weighted by Crippen LogP contribution is 2.16. The fourth-order valence-electron chi connectivity index (χ4n) is 1.83. The Kier molecular flexibility index (Phi) is 3.78. The molecule has 0 saturated carbocycles. The van der Waals surface area contributed by atoms with Crippen LogP contribution < -0.4 is 10.9 Å². The lowest BCUT2D eigenvalue weighted by atomic mass is 10.2. The molecule has 0 fully saturated rings. The van der Waals surface area contributed by atoms with Crippen molar-refractivity contribution in [2.75, 3.05) is 0 Å². The van der Waals surface area contributed by atoms with E-state index < -0.39 is 0 Å². The smallest absolute Gasteiger partial charge is 0.253 e. The fraction of sp³-hybridized carbons (Fsp3) is 0.0667. The van der Waals surface area contributed by atoms with Crippen molar-refractivity contribution in [3.8, 4) is 11.5 Å². The maximum atomic E-state index is 11.9. The summed E-state index contributed by atoms with van der Waals surface area (Å²) >= 11 is 0. The molecule has 110 valence electrons. The second-order valence-electron chi connectivity index (χ2n) is 4.49. The predicted molar refractivity (Wildman–Crippen MR) is 78.0 cm³/mol. The van der Waals surface area contributed by atoms with E-state index in [9.17, 15) is 9.59 Å². The Morgan fingerprint density at radius 2 is 1.95 bits per heavy atom. The van der Waals surface area contributed by atoms with Crippen LogP contribution >= 0.6 is 0 Å². The van der Waals surface area contributed by atoms with Gasteiger partial charge in [-0.1, -0.05) is 18.2 Å². The van der Waals surface area contributed by atoms with Crippen LogP contribution in [0.1, 0.15) is 16.2 Å². The molecule has 0 aliphatic heterocycles. The second kappa shape index (κ2) is 6.04. The Bertz CT molecular complexity index is 819. The van der Waals surface area contributed by atoms with Crippen molar-refractivity contribution in [2.24, 2.45) is 0 Å². The third kappa shape index (κ3) is 3.09. The zero-order valence-electron chi connectivity index (χ0n) is 11.4. The van der Waals surface area contributed by atoms with E-state index in [4.69, 9.17) is 4.42 Å². The lowest BCUT2D eigenvalue weighted by Crippen LogP contribution is -2.23. The number of benzene rings is 1. The molecule has 0 aliphatic rings. The Labute approximate surface area is 125 Å². The molecule has 1 aromatic carbocycles. The topological polar surface area (TPSA) is 101 Å². The average molecular weight is 296 g/mol. The molecular weight excluding hydrogens is 284 g/mol. The van der Waals surface area contributed by atoms with Crippen molar-refractivity contribution in [1.29, 1.82) is 0 Å². The van der Waals surface area contributed by atoms with Crippen LogP contribution in [0.25, 0.3) is 11.5 Å². The van der Waals surface area contributed by atoms with Crippen LogP contribution in [0.5, 0.6) is 0 Å². The summed E-state index contributed by atoms with van der Waals surface area (Å²) < 4.78 is 5.48. The molecule has 0 saturated heterocycles. The molecule has 1 amide bonds. The zero-order chi connectivity index (χ0) is 15.4. The third-order valence-corrected chi connectivity index (χ3v) is 2.93. The summed E-state index contributed by atoms with van der Waals surface area (Å²) in [5, 5.41) is 10.5. The van der Waals surface area contributed by atoms with Gasteiger partial charge in [0, 0.05) is 17.8 Å². The van der Waals surface area contributed by atoms with Crippen molar-refractivity contribution in [1.82, 2.24) is 20.5 Å². The van der Waals surface area contributed by atoms with E-state index in [2.05, 4.69) is 20.5 Å². The highest BCUT2D eigenvalue weighted by molar-refractivity contribution is 5.93. The Balaban J connectivity index is 1.65. The van der Waals surface area contributed by atoms with E-state index in [0.29, 0.717) is 17.3 Å². The van der Waals surface area contributed by atoms with Crippen molar-refractivity contribution in [3.63, 3.8) is 0 Å². The number of hydrogen-bond acceptors (Lipinski definition) is 5. The number of H-pyrrole nitrogens is 1. The molecule has 2 aromatic heterocycles. The predicted octanol–water partition coefficient (Wildman–Crippen LogP) is 1.35. The highest BCUT2D eigenvalue weighted by Gasteiger charge is 2.10. The van der Waals surface area contributed by atoms with Crippen LogP contribution in [0.3, 0.4) is 0 Å². The minimum absolute atomic E-state index is 0.109. The van der Waals surface area contributed by atoms with Gasteiger partial charge in [0.15, 0.2) is 0 Å². The number of carbonyl (C=O) groups is 1. The van der Waals surface area contributed by atoms with Crippen molar-refractivity contribution >= 4 is 5.91 Å². The number of nitrogens with one attached hydrogen (secondary N) is 2. The monoisotopic (exact) mass is 296 g/mol. The van der Waals surface area contributed by atoms with Gasteiger partial charge in [-0.05, 0) is 18.2 Å². The summed E-state index contributed by atoms with van der Waals surface area (Å²) in [6.45, 7) is 0.109. The van der Waals surface area contributed by atoms with Crippen molar-refractivity contribution in [2.45, 2.75) is 6.54 Å². The summed E-state index contributed by atoms with van der Waals surface area (Å²) in [6, 6.07) is 12.1. The van der Waals surface area contributed by atoms with Gasteiger partial charge in [0.2, 0.25) is 17.3 Å². The Hall–Kier alpha value is -3.22. The van der Waals surface area contributed by atoms with Gasteiger partial charge in [0.05, 0.1) is 12.1 Å². The number of amides is 1. The van der Waals surface area contributed by atoms with Crippen LogP contribution in [0.4, 0.5) is 0 Å². The molecule has 0 unspecified atom stereocenters. The van der Waals surface area contributed by atoms with E-state index in [1.807, 2.05) is 30.3 Å². The number of aromatic amines is 1. The van der Waals surface area contributed by atoms with Gasteiger partial charge in [0.25, 0.3) is 5.91 Å². The molecule has 22 heavy (non-hydrogen) atoms. The van der Waals surface area contributed by atoms with E-state index in [-0.39, 0.29) is 18.0 Å². The number of pyridine rings is 1. The number of carbonyl (C=O) groups excluding carboxylic acids is 1. The zero-order valence-corrected chi connectivity index (χ0v) is 11.4. The summed E-state index contributed by atoms with van der Waals surface area (Å²) in [6.07, 6.45) is 1.35. The molecule has 0 spiro atoms. The minimum atomic E-state index is -0.337. The van der Waals surface area contributed by atoms with Gasteiger partial charge in [0.1, 0.15) is 0 Å². The number of hydrogen-bond donors (Lipinski definition) is 2. The number of nitrogens with zero attached hydrogens (tertiary/aromatic N) is 2. The largest absolute Gasteiger partial charge is 0.419 e. The standard InChI is InChI=1S/C15H12N4O3/c20-12-7-6-11(8-16-12)14(21)17-9-13-18-19-15(22-13)10-4-2-1-3-5-10/h1-8H,9H2,(H,16,20)(H,17,21). The van der Waals surface area contributed by atoms with Crippen molar-refractivity contribution < 1.29 is 9.21 Å². The molecule has 2 N–H and O–H groups in total. The first kappa shape index (κ1) is 13.7. The molecule has 3 rings (SSSR count). The molecule has 0 bridgehead atoms. The molecule has 0 atom stereocenters. The third-order valence-electron chi connectivity index (χ3n) is 2.93. The van der Waals surface area contributed by atoms with Gasteiger partial charge < -0.3 is 14.7 Å². The summed E-state index contributed by atoms with van der Waals surface area (Å²) in [5.41, 5.74) is 0.900. The SMILES string of the molecule is O=C(NCc1nnc(-c2ccccc2)o1)c1ccc(=O)[nH]c1. The first-order valence-electron chi connectivity index (χ1n) is 6.57.